The Balaban J connectivity index is 1.24. The number of hydrogen-bond donors (Lipinski definition) is 3. The molecule has 0 bridgehead atoms. The van der Waals surface area contributed by atoms with Crippen LogP contribution in [0.2, 0.25) is 0 Å². The maximum atomic E-state index is 13.2. The monoisotopic (exact) mass is 565 g/mol. The number of carbonyl (C=O) groups is 2. The fraction of sp³-hybridized carbons (Fsp3) is 0.0588. The smallest absolute Gasteiger partial charge is 0.255 e. The molecule has 9 heteroatoms. The number of hydrogen-bond acceptors (Lipinski definition) is 5. The molecule has 0 aliphatic rings. The van der Waals surface area contributed by atoms with Crippen LogP contribution in [0.1, 0.15) is 43.1 Å². The Hall–Kier alpha value is -6.14. The van der Waals surface area contributed by atoms with Crippen molar-refractivity contribution in [3.05, 3.63) is 137 Å². The van der Waals surface area contributed by atoms with Gasteiger partial charge in [-0.3, -0.25) is 14.0 Å². The van der Waals surface area contributed by atoms with Crippen LogP contribution in [0.5, 0.6) is 0 Å². The van der Waals surface area contributed by atoms with E-state index in [1.54, 1.807) is 49.1 Å². The van der Waals surface area contributed by atoms with Crippen molar-refractivity contribution in [2.24, 2.45) is 5.73 Å². The van der Waals surface area contributed by atoms with Crippen LogP contribution in [0, 0.1) is 25.7 Å². The lowest BCUT2D eigenvalue weighted by atomic mass is 10.0. The number of aromatic nitrogens is 4. The zero-order valence-electron chi connectivity index (χ0n) is 23.5. The molecule has 6 aromatic rings. The number of nitrogens with zero attached hydrogens (tertiary/aromatic N) is 4. The minimum atomic E-state index is -0.494. The van der Waals surface area contributed by atoms with Crippen LogP contribution < -0.4 is 16.4 Å². The van der Waals surface area contributed by atoms with Crippen LogP contribution >= 0.6 is 0 Å². The number of primary amides is 1. The SMILES string of the molecule is Cc1cc(NC(=O)c2ccc(C)c(C#Cc3cnc4c(Nc5cccc(C(N)=O)c5)cccn34)c2)cc(-n2ccnc2)c1. The normalized spacial score (nSPS) is 10.7. The van der Waals surface area contributed by atoms with Gasteiger partial charge in [0.05, 0.1) is 18.2 Å². The van der Waals surface area contributed by atoms with E-state index in [9.17, 15) is 9.59 Å². The predicted molar refractivity (Wildman–Crippen MR) is 167 cm³/mol. The van der Waals surface area contributed by atoms with Gasteiger partial charge in [-0.25, -0.2) is 9.97 Å². The molecule has 0 atom stereocenters. The summed E-state index contributed by atoms with van der Waals surface area (Å²) in [7, 11) is 0. The highest BCUT2D eigenvalue weighted by Gasteiger charge is 2.11. The number of fused-ring (bicyclic) bond motifs is 1. The molecule has 0 fully saturated rings. The summed E-state index contributed by atoms with van der Waals surface area (Å²) in [6.45, 7) is 3.94. The molecule has 210 valence electrons. The van der Waals surface area contributed by atoms with Gasteiger partial charge in [0.15, 0.2) is 5.65 Å². The summed E-state index contributed by atoms with van der Waals surface area (Å²) in [6.07, 6.45) is 8.88. The van der Waals surface area contributed by atoms with E-state index in [4.69, 9.17) is 5.73 Å². The first kappa shape index (κ1) is 27.1. The Labute approximate surface area is 248 Å². The number of nitrogens with one attached hydrogen (secondary N) is 2. The number of carbonyl (C=O) groups excluding carboxylic acids is 2. The lowest BCUT2D eigenvalue weighted by Crippen LogP contribution is -2.12. The van der Waals surface area contributed by atoms with Gasteiger partial charge in [-0.05, 0) is 91.6 Å². The van der Waals surface area contributed by atoms with Crippen molar-refractivity contribution >= 4 is 34.5 Å². The fourth-order valence-electron chi connectivity index (χ4n) is 4.74. The van der Waals surface area contributed by atoms with Crippen molar-refractivity contribution in [1.29, 1.82) is 0 Å². The Morgan fingerprint density at radius 2 is 1.77 bits per heavy atom. The van der Waals surface area contributed by atoms with E-state index in [0.29, 0.717) is 28.2 Å². The van der Waals surface area contributed by atoms with Gasteiger partial charge in [-0.2, -0.15) is 0 Å². The largest absolute Gasteiger partial charge is 0.366 e. The molecular formula is C34H27N7O2. The van der Waals surface area contributed by atoms with E-state index in [1.807, 2.05) is 77.7 Å². The number of amides is 2. The molecule has 6 rings (SSSR count). The number of nitrogens with two attached hydrogens (primary N) is 1. The van der Waals surface area contributed by atoms with Crippen molar-refractivity contribution in [2.75, 3.05) is 10.6 Å². The van der Waals surface area contributed by atoms with E-state index in [0.717, 1.165) is 33.8 Å². The van der Waals surface area contributed by atoms with Gasteiger partial charge < -0.3 is 20.9 Å². The number of benzene rings is 3. The fourth-order valence-corrected chi connectivity index (χ4v) is 4.74. The van der Waals surface area contributed by atoms with E-state index in [2.05, 4.69) is 32.4 Å². The second-order valence-electron chi connectivity index (χ2n) is 10.1. The maximum Gasteiger partial charge on any atom is 0.255 e. The number of anilines is 3. The zero-order chi connectivity index (χ0) is 29.9. The maximum absolute atomic E-state index is 13.2. The molecule has 0 aliphatic carbocycles. The molecule has 9 nitrogen and oxygen atoms in total. The van der Waals surface area contributed by atoms with Gasteiger partial charge in [0.25, 0.3) is 5.91 Å². The topological polar surface area (TPSA) is 119 Å². The van der Waals surface area contributed by atoms with Crippen LogP contribution in [0.3, 0.4) is 0 Å². The first-order chi connectivity index (χ1) is 20.8. The van der Waals surface area contributed by atoms with E-state index in [1.165, 1.54) is 0 Å². The lowest BCUT2D eigenvalue weighted by Gasteiger charge is -2.11. The van der Waals surface area contributed by atoms with Crippen molar-refractivity contribution in [1.82, 2.24) is 18.9 Å². The standard InChI is InChI=1S/C34H27N7O2/c1-22-15-28(19-30(16-22)40-14-12-36-21-40)39-34(43)26-9-8-23(2)24(17-26)10-11-29-20-37-33-31(7-4-13-41(29)33)38-27-6-3-5-25(18-27)32(35)42/h3-9,12-21,38H,1-2H3,(H2,35,42)(H,39,43). The lowest BCUT2D eigenvalue weighted by molar-refractivity contribution is 0.0997. The van der Waals surface area contributed by atoms with Crippen molar-refractivity contribution in [3.63, 3.8) is 0 Å². The molecule has 4 N–H and O–H groups in total. The second-order valence-corrected chi connectivity index (χ2v) is 10.1. The number of imidazole rings is 2. The second kappa shape index (κ2) is 11.4. The van der Waals surface area contributed by atoms with Crippen molar-refractivity contribution in [3.8, 4) is 17.5 Å². The Kier molecular flexibility index (Phi) is 7.16. The minimum absolute atomic E-state index is 0.226. The zero-order valence-corrected chi connectivity index (χ0v) is 23.5. The summed E-state index contributed by atoms with van der Waals surface area (Å²) in [5.74, 6) is 5.71. The third kappa shape index (κ3) is 5.85. The molecule has 3 aromatic carbocycles. The molecule has 3 aromatic heterocycles. The average molecular weight is 566 g/mol. The van der Waals surface area contributed by atoms with Gasteiger partial charge in [-0.1, -0.05) is 18.1 Å². The van der Waals surface area contributed by atoms with Gasteiger partial charge in [0.2, 0.25) is 5.91 Å². The summed E-state index contributed by atoms with van der Waals surface area (Å²) in [4.78, 5) is 33.5. The summed E-state index contributed by atoms with van der Waals surface area (Å²) in [5.41, 5.74) is 13.5. The first-order valence-electron chi connectivity index (χ1n) is 13.5. The molecule has 0 radical (unpaired) electrons. The highest BCUT2D eigenvalue weighted by atomic mass is 16.2. The summed E-state index contributed by atoms with van der Waals surface area (Å²) in [6, 6.07) is 22.1. The quantitative estimate of drug-likeness (QED) is 0.226. The van der Waals surface area contributed by atoms with E-state index >= 15 is 0 Å². The first-order valence-corrected chi connectivity index (χ1v) is 13.5. The van der Waals surface area contributed by atoms with Crippen LogP contribution in [0.15, 0.2) is 104 Å². The Bertz CT molecular complexity index is 2060. The molecule has 0 unspecified atom stereocenters. The molecular weight excluding hydrogens is 538 g/mol. The van der Waals surface area contributed by atoms with Gasteiger partial charge in [0, 0.05) is 52.3 Å². The highest BCUT2D eigenvalue weighted by molar-refractivity contribution is 6.04. The van der Waals surface area contributed by atoms with Crippen molar-refractivity contribution < 1.29 is 9.59 Å². The molecule has 2 amide bonds. The Morgan fingerprint density at radius 3 is 2.58 bits per heavy atom. The average Bonchev–Trinajstić information content (AvgIpc) is 3.68. The number of pyridine rings is 1. The van der Waals surface area contributed by atoms with E-state index < -0.39 is 5.91 Å². The summed E-state index contributed by atoms with van der Waals surface area (Å²) in [5, 5.41) is 6.31. The van der Waals surface area contributed by atoms with Crippen LogP contribution in [0.25, 0.3) is 11.3 Å². The molecule has 0 saturated carbocycles. The third-order valence-corrected chi connectivity index (χ3v) is 6.91. The minimum Gasteiger partial charge on any atom is -0.366 e. The van der Waals surface area contributed by atoms with Crippen molar-refractivity contribution in [2.45, 2.75) is 13.8 Å². The van der Waals surface area contributed by atoms with Gasteiger partial charge >= 0.3 is 0 Å². The highest BCUT2D eigenvalue weighted by Crippen LogP contribution is 2.23. The van der Waals surface area contributed by atoms with E-state index in [-0.39, 0.29) is 5.91 Å². The molecule has 3 heterocycles. The molecule has 43 heavy (non-hydrogen) atoms. The number of aryl methyl sites for hydroxylation is 2. The van der Waals surface area contributed by atoms with Gasteiger partial charge in [-0.15, -0.1) is 0 Å². The Morgan fingerprint density at radius 1 is 0.884 bits per heavy atom. The molecule has 0 saturated heterocycles. The predicted octanol–water partition coefficient (Wildman–Crippen LogP) is 5.63. The van der Waals surface area contributed by atoms with Crippen LogP contribution in [0.4, 0.5) is 17.1 Å². The van der Waals surface area contributed by atoms with Gasteiger partial charge in [0.1, 0.15) is 5.69 Å². The molecule has 0 aliphatic heterocycles. The summed E-state index contributed by atoms with van der Waals surface area (Å²) < 4.78 is 3.78. The van der Waals surface area contributed by atoms with Crippen LogP contribution in [-0.2, 0) is 0 Å². The summed E-state index contributed by atoms with van der Waals surface area (Å²) >= 11 is 0. The molecule has 0 spiro atoms. The van der Waals surface area contributed by atoms with Crippen LogP contribution in [-0.4, -0.2) is 30.8 Å². The number of rotatable bonds is 6. The third-order valence-electron chi connectivity index (χ3n) is 6.91.